The standard InChI is InChI=1S/C19H26N4O3/c1-19(2,3)26-18(25)23-11-7-10-15(23)17(24)22(4)12-16-20-13-8-5-6-9-14(13)21-16/h5-6,8-9,15H,7,10-12H2,1-4H3,(H,20,21)/t15-/m0/s1. The molecule has 7 nitrogen and oxygen atoms in total. The Labute approximate surface area is 153 Å². The van der Waals surface area contributed by atoms with E-state index in [1.165, 1.54) is 0 Å². The number of carbonyl (C=O) groups is 2. The van der Waals surface area contributed by atoms with Gasteiger partial charge in [-0.1, -0.05) is 12.1 Å². The Kier molecular flexibility index (Phi) is 4.89. The number of benzene rings is 1. The summed E-state index contributed by atoms with van der Waals surface area (Å²) in [7, 11) is 1.74. The highest BCUT2D eigenvalue weighted by Crippen LogP contribution is 2.23. The Hall–Kier alpha value is -2.57. The van der Waals surface area contributed by atoms with Gasteiger partial charge in [0.15, 0.2) is 0 Å². The number of aromatic amines is 1. The van der Waals surface area contributed by atoms with Gasteiger partial charge in [0, 0.05) is 13.6 Å². The summed E-state index contributed by atoms with van der Waals surface area (Å²) in [6.45, 7) is 6.39. The number of aromatic nitrogens is 2. The number of likely N-dealkylation sites (tertiary alicyclic amines) is 1. The molecule has 2 aromatic rings. The van der Waals surface area contributed by atoms with Crippen LogP contribution in [0.5, 0.6) is 0 Å². The van der Waals surface area contributed by atoms with Crippen LogP contribution in [0, 0.1) is 0 Å². The first kappa shape index (κ1) is 18.2. The number of carbonyl (C=O) groups excluding carboxylic acids is 2. The van der Waals surface area contributed by atoms with Gasteiger partial charge < -0.3 is 14.6 Å². The number of amides is 2. The van der Waals surface area contributed by atoms with E-state index in [9.17, 15) is 9.59 Å². The van der Waals surface area contributed by atoms with Crippen LogP contribution >= 0.6 is 0 Å². The van der Waals surface area contributed by atoms with Crippen LogP contribution in [0.4, 0.5) is 4.79 Å². The van der Waals surface area contributed by atoms with E-state index in [2.05, 4.69) is 9.97 Å². The van der Waals surface area contributed by atoms with Crippen LogP contribution in [-0.2, 0) is 16.1 Å². The van der Waals surface area contributed by atoms with Crippen LogP contribution in [0.15, 0.2) is 24.3 Å². The van der Waals surface area contributed by atoms with E-state index >= 15 is 0 Å². The van der Waals surface area contributed by atoms with Crippen molar-refractivity contribution in [3.63, 3.8) is 0 Å². The predicted octanol–water partition coefficient (Wildman–Crippen LogP) is 2.92. The molecule has 3 rings (SSSR count). The van der Waals surface area contributed by atoms with Gasteiger partial charge in [-0.2, -0.15) is 0 Å². The molecular formula is C19H26N4O3. The molecule has 1 fully saturated rings. The number of para-hydroxylation sites is 2. The molecule has 2 amide bonds. The van der Waals surface area contributed by atoms with Gasteiger partial charge in [0.05, 0.1) is 17.6 Å². The summed E-state index contributed by atoms with van der Waals surface area (Å²) in [4.78, 5) is 36.2. The number of ether oxygens (including phenoxy) is 1. The maximum atomic E-state index is 12.9. The normalized spacial score (nSPS) is 17.5. The van der Waals surface area contributed by atoms with E-state index in [0.29, 0.717) is 19.5 Å². The van der Waals surface area contributed by atoms with Crippen LogP contribution in [0.25, 0.3) is 11.0 Å². The summed E-state index contributed by atoms with van der Waals surface area (Å²) in [6, 6.07) is 7.28. The molecule has 0 bridgehead atoms. The van der Waals surface area contributed by atoms with Crippen molar-refractivity contribution in [1.82, 2.24) is 19.8 Å². The number of nitrogens with one attached hydrogen (secondary N) is 1. The molecule has 0 unspecified atom stereocenters. The van der Waals surface area contributed by atoms with Crippen molar-refractivity contribution < 1.29 is 14.3 Å². The smallest absolute Gasteiger partial charge is 0.410 e. The van der Waals surface area contributed by atoms with Crippen LogP contribution < -0.4 is 0 Å². The highest BCUT2D eigenvalue weighted by Gasteiger charge is 2.38. The van der Waals surface area contributed by atoms with Gasteiger partial charge in [0.1, 0.15) is 17.5 Å². The predicted molar refractivity (Wildman–Crippen MR) is 98.5 cm³/mol. The molecule has 1 saturated heterocycles. The van der Waals surface area contributed by atoms with E-state index in [4.69, 9.17) is 4.74 Å². The number of nitrogens with zero attached hydrogens (tertiary/aromatic N) is 3. The first-order chi connectivity index (χ1) is 12.2. The topological polar surface area (TPSA) is 78.5 Å². The lowest BCUT2D eigenvalue weighted by molar-refractivity contribution is -0.135. The third kappa shape index (κ3) is 3.98. The van der Waals surface area contributed by atoms with Gasteiger partial charge in [-0.05, 0) is 45.7 Å². The number of hydrogen-bond donors (Lipinski definition) is 1. The number of likely N-dealkylation sites (N-methyl/N-ethyl adjacent to an activating group) is 1. The molecule has 1 aromatic carbocycles. The van der Waals surface area contributed by atoms with Gasteiger partial charge >= 0.3 is 6.09 Å². The van der Waals surface area contributed by atoms with Crippen LogP contribution in [0.2, 0.25) is 0 Å². The van der Waals surface area contributed by atoms with Gasteiger partial charge in [-0.15, -0.1) is 0 Å². The van der Waals surface area contributed by atoms with Crippen molar-refractivity contribution in [1.29, 1.82) is 0 Å². The van der Waals surface area contributed by atoms with Crippen LogP contribution in [0.1, 0.15) is 39.4 Å². The fraction of sp³-hybridized carbons (Fsp3) is 0.526. The van der Waals surface area contributed by atoms with Crippen molar-refractivity contribution in [3.05, 3.63) is 30.1 Å². The lowest BCUT2D eigenvalue weighted by atomic mass is 10.2. The molecule has 2 heterocycles. The SMILES string of the molecule is CN(Cc1nc2ccccc2[nH]1)C(=O)[C@@H]1CCCN1C(=O)OC(C)(C)C. The summed E-state index contributed by atoms with van der Waals surface area (Å²) in [5.41, 5.74) is 1.24. The third-order valence-corrected chi connectivity index (χ3v) is 4.37. The summed E-state index contributed by atoms with van der Waals surface area (Å²) >= 11 is 0. The summed E-state index contributed by atoms with van der Waals surface area (Å²) < 4.78 is 5.44. The quantitative estimate of drug-likeness (QED) is 0.915. The second-order valence-corrected chi connectivity index (χ2v) is 7.73. The zero-order chi connectivity index (χ0) is 18.9. The first-order valence-electron chi connectivity index (χ1n) is 8.93. The molecule has 1 N–H and O–H groups in total. The van der Waals surface area contributed by atoms with Crippen molar-refractivity contribution in [2.24, 2.45) is 0 Å². The van der Waals surface area contributed by atoms with Crippen molar-refractivity contribution in [2.75, 3.05) is 13.6 Å². The van der Waals surface area contributed by atoms with Crippen molar-refractivity contribution in [2.45, 2.75) is 51.8 Å². The number of rotatable bonds is 3. The van der Waals surface area contributed by atoms with Crippen molar-refractivity contribution >= 4 is 23.0 Å². The maximum absolute atomic E-state index is 12.9. The number of imidazole rings is 1. The van der Waals surface area contributed by atoms with E-state index in [1.54, 1.807) is 16.8 Å². The molecular weight excluding hydrogens is 332 g/mol. The van der Waals surface area contributed by atoms with E-state index in [0.717, 1.165) is 23.3 Å². The van der Waals surface area contributed by atoms with Gasteiger partial charge in [-0.3, -0.25) is 9.69 Å². The number of H-pyrrole nitrogens is 1. The average Bonchev–Trinajstić information content (AvgIpc) is 3.18. The minimum Gasteiger partial charge on any atom is -0.444 e. The first-order valence-corrected chi connectivity index (χ1v) is 8.93. The van der Waals surface area contributed by atoms with Gasteiger partial charge in [0.25, 0.3) is 0 Å². The molecule has 1 aliphatic heterocycles. The Morgan fingerprint density at radius 1 is 1.35 bits per heavy atom. The fourth-order valence-electron chi connectivity index (χ4n) is 3.20. The lowest BCUT2D eigenvalue weighted by Gasteiger charge is -2.30. The second-order valence-electron chi connectivity index (χ2n) is 7.73. The highest BCUT2D eigenvalue weighted by atomic mass is 16.6. The highest BCUT2D eigenvalue weighted by molar-refractivity contribution is 5.86. The van der Waals surface area contributed by atoms with Gasteiger partial charge in [-0.25, -0.2) is 9.78 Å². The maximum Gasteiger partial charge on any atom is 0.410 e. The van der Waals surface area contributed by atoms with E-state index in [-0.39, 0.29) is 5.91 Å². The zero-order valence-electron chi connectivity index (χ0n) is 15.8. The molecule has 1 atom stereocenters. The molecule has 0 spiro atoms. The zero-order valence-corrected chi connectivity index (χ0v) is 15.8. The second kappa shape index (κ2) is 6.97. The molecule has 0 aliphatic carbocycles. The minimum absolute atomic E-state index is 0.0891. The summed E-state index contributed by atoms with van der Waals surface area (Å²) in [5.74, 6) is 0.637. The van der Waals surface area contributed by atoms with Crippen molar-refractivity contribution in [3.8, 4) is 0 Å². The Balaban J connectivity index is 1.67. The van der Waals surface area contributed by atoms with Crippen LogP contribution in [0.3, 0.4) is 0 Å². The molecule has 26 heavy (non-hydrogen) atoms. The monoisotopic (exact) mass is 358 g/mol. The largest absolute Gasteiger partial charge is 0.444 e. The third-order valence-electron chi connectivity index (χ3n) is 4.37. The van der Waals surface area contributed by atoms with Gasteiger partial charge in [0.2, 0.25) is 5.91 Å². The molecule has 0 radical (unpaired) electrons. The van der Waals surface area contributed by atoms with Crippen LogP contribution in [-0.4, -0.2) is 57.0 Å². The summed E-state index contributed by atoms with van der Waals surface area (Å²) in [5, 5.41) is 0. The molecule has 1 aromatic heterocycles. The van der Waals surface area contributed by atoms with E-state index < -0.39 is 17.7 Å². The molecule has 140 valence electrons. The lowest BCUT2D eigenvalue weighted by Crippen LogP contribution is -2.47. The Morgan fingerprint density at radius 2 is 2.08 bits per heavy atom. The number of hydrogen-bond acceptors (Lipinski definition) is 4. The minimum atomic E-state index is -0.576. The number of fused-ring (bicyclic) bond motifs is 1. The Morgan fingerprint density at radius 3 is 2.77 bits per heavy atom. The molecule has 7 heteroatoms. The molecule has 0 saturated carbocycles. The Bertz CT molecular complexity index is 775. The average molecular weight is 358 g/mol. The fourth-order valence-corrected chi connectivity index (χ4v) is 3.20. The summed E-state index contributed by atoms with van der Waals surface area (Å²) in [6.07, 6.45) is 1.03. The van der Waals surface area contributed by atoms with E-state index in [1.807, 2.05) is 45.0 Å². The molecule has 1 aliphatic rings.